The molecule has 0 radical (unpaired) electrons. The van der Waals surface area contributed by atoms with Gasteiger partial charge < -0.3 is 9.73 Å². The Labute approximate surface area is 140 Å². The summed E-state index contributed by atoms with van der Waals surface area (Å²) in [6.45, 7) is 2.06. The van der Waals surface area contributed by atoms with Crippen LogP contribution in [0.4, 0.5) is 0 Å². The number of hydrogen-bond donors (Lipinski definition) is 1. The van der Waals surface area contributed by atoms with Crippen molar-refractivity contribution in [3.05, 3.63) is 82.2 Å². The summed E-state index contributed by atoms with van der Waals surface area (Å²) in [6, 6.07) is 18.4. The maximum absolute atomic E-state index is 12.6. The highest BCUT2D eigenvalue weighted by Crippen LogP contribution is 2.19. The van der Waals surface area contributed by atoms with Gasteiger partial charge in [-0.15, -0.1) is 0 Å². The summed E-state index contributed by atoms with van der Waals surface area (Å²) in [5.74, 6) is -0.406. The average molecular weight is 321 g/mol. The zero-order chi connectivity index (χ0) is 16.9. The normalized spacial score (nSPS) is 12.0. The van der Waals surface area contributed by atoms with Crippen LogP contribution in [0.1, 0.15) is 41.7 Å². The van der Waals surface area contributed by atoms with Gasteiger partial charge in [0.1, 0.15) is 11.1 Å². The first-order chi connectivity index (χ1) is 11.7. The van der Waals surface area contributed by atoms with E-state index in [1.54, 1.807) is 18.2 Å². The molecule has 24 heavy (non-hydrogen) atoms. The number of amides is 1. The molecule has 0 saturated heterocycles. The number of hydrogen-bond acceptors (Lipinski definition) is 3. The van der Waals surface area contributed by atoms with Crippen LogP contribution >= 0.6 is 0 Å². The molecule has 0 aliphatic carbocycles. The highest BCUT2D eigenvalue weighted by molar-refractivity contribution is 5.96. The summed E-state index contributed by atoms with van der Waals surface area (Å²) in [7, 11) is 0. The first-order valence-electron chi connectivity index (χ1n) is 8.07. The van der Waals surface area contributed by atoms with Crippen molar-refractivity contribution in [3.8, 4) is 0 Å². The maximum atomic E-state index is 12.6. The van der Waals surface area contributed by atoms with Crippen LogP contribution in [0.25, 0.3) is 11.0 Å². The lowest BCUT2D eigenvalue weighted by Crippen LogP contribution is -2.31. The molecule has 1 atom stereocenters. The Balaban J connectivity index is 1.90. The number of benzene rings is 2. The van der Waals surface area contributed by atoms with Gasteiger partial charge in [-0.05, 0) is 24.1 Å². The van der Waals surface area contributed by atoms with Crippen LogP contribution in [0.15, 0.2) is 69.9 Å². The van der Waals surface area contributed by atoms with Crippen molar-refractivity contribution < 1.29 is 9.21 Å². The minimum atomic E-state index is -0.616. The topological polar surface area (TPSA) is 59.3 Å². The van der Waals surface area contributed by atoms with Crippen molar-refractivity contribution in [2.24, 2.45) is 0 Å². The predicted octanol–water partition coefficient (Wildman–Crippen LogP) is 4.06. The second-order valence-electron chi connectivity index (χ2n) is 5.71. The number of nitrogens with one attached hydrogen (secondary N) is 1. The van der Waals surface area contributed by atoms with Crippen LogP contribution < -0.4 is 10.9 Å². The molecular formula is C20H19NO3. The lowest BCUT2D eigenvalue weighted by Gasteiger charge is -2.18. The third-order valence-electron chi connectivity index (χ3n) is 3.97. The third-order valence-corrected chi connectivity index (χ3v) is 3.97. The Morgan fingerprint density at radius 1 is 1.08 bits per heavy atom. The van der Waals surface area contributed by atoms with Gasteiger partial charge in [0.25, 0.3) is 5.91 Å². The van der Waals surface area contributed by atoms with Gasteiger partial charge in [0.15, 0.2) is 0 Å². The second kappa shape index (κ2) is 7.13. The van der Waals surface area contributed by atoms with Gasteiger partial charge >= 0.3 is 5.63 Å². The van der Waals surface area contributed by atoms with E-state index in [4.69, 9.17) is 4.42 Å². The quantitative estimate of drug-likeness (QED) is 0.721. The molecule has 3 rings (SSSR count). The zero-order valence-corrected chi connectivity index (χ0v) is 13.5. The van der Waals surface area contributed by atoms with Crippen molar-refractivity contribution in [3.63, 3.8) is 0 Å². The molecule has 4 nitrogen and oxygen atoms in total. The molecule has 1 unspecified atom stereocenters. The summed E-state index contributed by atoms with van der Waals surface area (Å²) in [5.41, 5.74) is 0.922. The Kier molecular flexibility index (Phi) is 4.75. The maximum Gasteiger partial charge on any atom is 0.349 e. The fourth-order valence-electron chi connectivity index (χ4n) is 2.75. The summed E-state index contributed by atoms with van der Waals surface area (Å²) < 4.78 is 5.24. The highest BCUT2D eigenvalue weighted by atomic mass is 16.4. The van der Waals surface area contributed by atoms with Crippen molar-refractivity contribution >= 4 is 16.9 Å². The van der Waals surface area contributed by atoms with E-state index in [-0.39, 0.29) is 11.6 Å². The molecule has 0 aliphatic rings. The minimum Gasteiger partial charge on any atom is -0.422 e. The Morgan fingerprint density at radius 2 is 1.79 bits per heavy atom. The molecule has 2 aromatic carbocycles. The van der Waals surface area contributed by atoms with Crippen molar-refractivity contribution in [2.45, 2.75) is 25.8 Å². The first kappa shape index (κ1) is 16.0. The van der Waals surface area contributed by atoms with Gasteiger partial charge in [-0.2, -0.15) is 0 Å². The number of carbonyl (C=O) groups excluding carboxylic acids is 1. The zero-order valence-electron chi connectivity index (χ0n) is 13.5. The van der Waals surface area contributed by atoms with Crippen LogP contribution in [0.5, 0.6) is 0 Å². The van der Waals surface area contributed by atoms with Crippen LogP contribution in [0, 0.1) is 0 Å². The highest BCUT2D eigenvalue weighted by Gasteiger charge is 2.18. The fourth-order valence-corrected chi connectivity index (χ4v) is 2.75. The molecule has 0 fully saturated rings. The second-order valence-corrected chi connectivity index (χ2v) is 5.71. The van der Waals surface area contributed by atoms with Gasteiger partial charge in [-0.3, -0.25) is 4.79 Å². The molecule has 1 amide bonds. The average Bonchev–Trinajstić information content (AvgIpc) is 2.61. The minimum absolute atomic E-state index is 0.0331. The number of rotatable bonds is 5. The molecule has 1 aromatic heterocycles. The fraction of sp³-hybridized carbons (Fsp3) is 0.200. The van der Waals surface area contributed by atoms with Crippen molar-refractivity contribution in [1.29, 1.82) is 0 Å². The van der Waals surface area contributed by atoms with Gasteiger partial charge in [0.2, 0.25) is 0 Å². The van der Waals surface area contributed by atoms with E-state index >= 15 is 0 Å². The van der Waals surface area contributed by atoms with Crippen LogP contribution in [-0.2, 0) is 0 Å². The Hall–Kier alpha value is -2.88. The summed E-state index contributed by atoms with van der Waals surface area (Å²) >= 11 is 0. The molecule has 3 aromatic rings. The lowest BCUT2D eigenvalue weighted by molar-refractivity contribution is 0.0931. The van der Waals surface area contributed by atoms with Gasteiger partial charge in [0.05, 0.1) is 6.04 Å². The molecule has 0 bridgehead atoms. The van der Waals surface area contributed by atoms with E-state index in [0.717, 1.165) is 23.8 Å². The summed E-state index contributed by atoms with van der Waals surface area (Å²) in [4.78, 5) is 24.7. The molecule has 1 N–H and O–H groups in total. The number of fused-ring (bicyclic) bond motifs is 1. The van der Waals surface area contributed by atoms with E-state index in [9.17, 15) is 9.59 Å². The van der Waals surface area contributed by atoms with Gasteiger partial charge in [-0.1, -0.05) is 61.9 Å². The largest absolute Gasteiger partial charge is 0.422 e. The van der Waals surface area contributed by atoms with E-state index in [0.29, 0.717) is 5.58 Å². The lowest BCUT2D eigenvalue weighted by atomic mass is 10.0. The summed E-state index contributed by atoms with van der Waals surface area (Å²) in [5, 5.41) is 3.69. The molecular weight excluding hydrogens is 302 g/mol. The van der Waals surface area contributed by atoms with E-state index < -0.39 is 11.5 Å². The van der Waals surface area contributed by atoms with Crippen LogP contribution in [-0.4, -0.2) is 5.91 Å². The number of para-hydroxylation sites is 1. The van der Waals surface area contributed by atoms with Gasteiger partial charge in [-0.25, -0.2) is 4.79 Å². The molecule has 1 heterocycles. The van der Waals surface area contributed by atoms with Crippen LogP contribution in [0.3, 0.4) is 0 Å². The van der Waals surface area contributed by atoms with E-state index in [2.05, 4.69) is 12.2 Å². The molecule has 4 heteroatoms. The molecule has 0 spiro atoms. The molecule has 0 saturated carbocycles. The monoisotopic (exact) mass is 321 g/mol. The Morgan fingerprint density at radius 3 is 2.54 bits per heavy atom. The predicted molar refractivity (Wildman–Crippen MR) is 94.0 cm³/mol. The standard InChI is InChI=1S/C20H19NO3/c1-2-8-17(14-9-4-3-5-10-14)21-19(22)16-13-15-11-6-7-12-18(15)24-20(16)23/h3-7,9-13,17H,2,8H2,1H3,(H,21,22). The first-order valence-corrected chi connectivity index (χ1v) is 8.07. The smallest absolute Gasteiger partial charge is 0.349 e. The van der Waals surface area contributed by atoms with Crippen LogP contribution in [0.2, 0.25) is 0 Å². The Bertz CT molecular complexity index is 899. The SMILES string of the molecule is CCCC(NC(=O)c1cc2ccccc2oc1=O)c1ccccc1. The third kappa shape index (κ3) is 3.38. The molecule has 0 aliphatic heterocycles. The van der Waals surface area contributed by atoms with E-state index in [1.807, 2.05) is 42.5 Å². The van der Waals surface area contributed by atoms with Crippen molar-refractivity contribution in [1.82, 2.24) is 5.32 Å². The molecule has 122 valence electrons. The van der Waals surface area contributed by atoms with E-state index in [1.165, 1.54) is 0 Å². The number of carbonyl (C=O) groups is 1. The summed E-state index contributed by atoms with van der Waals surface area (Å²) in [6.07, 6.45) is 1.72. The van der Waals surface area contributed by atoms with Gasteiger partial charge in [0, 0.05) is 5.39 Å². The van der Waals surface area contributed by atoms with Crippen molar-refractivity contribution in [2.75, 3.05) is 0 Å².